The topological polar surface area (TPSA) is 84.3 Å². The van der Waals surface area contributed by atoms with Gasteiger partial charge >= 0.3 is 0 Å². The molecule has 1 saturated carbocycles. The Morgan fingerprint density at radius 2 is 2.16 bits per heavy atom. The van der Waals surface area contributed by atoms with Gasteiger partial charge in [-0.25, -0.2) is 0 Å². The van der Waals surface area contributed by atoms with Crippen molar-refractivity contribution in [2.45, 2.75) is 18.9 Å². The van der Waals surface area contributed by atoms with Gasteiger partial charge in [-0.3, -0.25) is 14.9 Å². The first-order chi connectivity index (χ1) is 9.08. The van der Waals surface area contributed by atoms with Crippen LogP contribution in [0.2, 0.25) is 5.02 Å². The van der Waals surface area contributed by atoms with E-state index in [1.165, 1.54) is 31.0 Å². The molecule has 19 heavy (non-hydrogen) atoms. The standard InChI is InChI=1S/C12H14ClN3O3/c13-11-4-3-9(16(18)19)7-10(11)12(17)15-6-5-14-8-1-2-8/h3-4,7-8,14H,1-2,5-6H2,(H,15,17). The summed E-state index contributed by atoms with van der Waals surface area (Å²) < 4.78 is 0. The molecular formula is C12H14ClN3O3. The van der Waals surface area contributed by atoms with Crippen molar-refractivity contribution in [3.63, 3.8) is 0 Å². The molecule has 0 heterocycles. The molecule has 1 fully saturated rings. The van der Waals surface area contributed by atoms with Gasteiger partial charge in [-0.2, -0.15) is 0 Å². The Kier molecular flexibility index (Phi) is 4.34. The van der Waals surface area contributed by atoms with Gasteiger partial charge in [0.2, 0.25) is 0 Å². The van der Waals surface area contributed by atoms with Crippen LogP contribution in [0.1, 0.15) is 23.2 Å². The molecule has 1 aromatic rings. The van der Waals surface area contributed by atoms with Crippen LogP contribution in [0.3, 0.4) is 0 Å². The summed E-state index contributed by atoms with van der Waals surface area (Å²) >= 11 is 5.87. The first-order valence-corrected chi connectivity index (χ1v) is 6.41. The molecule has 0 bridgehead atoms. The minimum atomic E-state index is -0.554. The molecule has 0 spiro atoms. The number of benzene rings is 1. The predicted octanol–water partition coefficient (Wildman–Crippen LogP) is 1.73. The summed E-state index contributed by atoms with van der Waals surface area (Å²) in [6.07, 6.45) is 2.37. The second-order valence-electron chi connectivity index (χ2n) is 4.41. The fourth-order valence-electron chi connectivity index (χ4n) is 1.64. The summed E-state index contributed by atoms with van der Waals surface area (Å²) in [7, 11) is 0. The van der Waals surface area contributed by atoms with Crippen molar-refractivity contribution >= 4 is 23.2 Å². The van der Waals surface area contributed by atoms with Gasteiger partial charge in [-0.15, -0.1) is 0 Å². The van der Waals surface area contributed by atoms with Crippen LogP contribution in [0.25, 0.3) is 0 Å². The van der Waals surface area contributed by atoms with Crippen molar-refractivity contribution in [3.05, 3.63) is 38.9 Å². The monoisotopic (exact) mass is 283 g/mol. The van der Waals surface area contributed by atoms with E-state index in [1.54, 1.807) is 0 Å². The molecule has 1 aliphatic rings. The van der Waals surface area contributed by atoms with Crippen molar-refractivity contribution < 1.29 is 9.72 Å². The summed E-state index contributed by atoms with van der Waals surface area (Å²) in [5.74, 6) is -0.397. The molecule has 1 amide bonds. The van der Waals surface area contributed by atoms with Gasteiger partial charge in [0.1, 0.15) is 0 Å². The molecule has 2 rings (SSSR count). The summed E-state index contributed by atoms with van der Waals surface area (Å²) in [6.45, 7) is 1.15. The average molecular weight is 284 g/mol. The fraction of sp³-hybridized carbons (Fsp3) is 0.417. The molecule has 0 saturated heterocycles. The van der Waals surface area contributed by atoms with Gasteiger partial charge < -0.3 is 10.6 Å². The molecule has 0 atom stereocenters. The van der Waals surface area contributed by atoms with E-state index in [0.717, 1.165) is 0 Å². The van der Waals surface area contributed by atoms with Gasteiger partial charge in [0.25, 0.3) is 11.6 Å². The van der Waals surface area contributed by atoms with Crippen LogP contribution in [0.15, 0.2) is 18.2 Å². The zero-order valence-electron chi connectivity index (χ0n) is 10.2. The van der Waals surface area contributed by atoms with E-state index in [4.69, 9.17) is 11.6 Å². The molecule has 2 N–H and O–H groups in total. The number of carbonyl (C=O) groups excluding carboxylic acids is 1. The third kappa shape index (κ3) is 3.90. The maximum absolute atomic E-state index is 11.9. The van der Waals surface area contributed by atoms with Crippen LogP contribution >= 0.6 is 11.6 Å². The SMILES string of the molecule is O=C(NCCNC1CC1)c1cc([N+](=O)[O-])ccc1Cl. The second kappa shape index (κ2) is 5.99. The van der Waals surface area contributed by atoms with Gasteiger partial charge in [0, 0.05) is 31.3 Å². The van der Waals surface area contributed by atoms with E-state index >= 15 is 0 Å². The Balaban J connectivity index is 1.92. The average Bonchev–Trinajstić information content (AvgIpc) is 3.18. The van der Waals surface area contributed by atoms with E-state index < -0.39 is 10.8 Å². The van der Waals surface area contributed by atoms with Crippen LogP contribution in [-0.4, -0.2) is 30.0 Å². The van der Waals surface area contributed by atoms with E-state index in [9.17, 15) is 14.9 Å². The van der Waals surface area contributed by atoms with E-state index in [2.05, 4.69) is 10.6 Å². The Hall–Kier alpha value is -1.66. The molecule has 0 aliphatic heterocycles. The van der Waals surface area contributed by atoms with Crippen molar-refractivity contribution in [2.75, 3.05) is 13.1 Å². The molecule has 1 aliphatic carbocycles. The molecule has 0 aromatic heterocycles. The van der Waals surface area contributed by atoms with Crippen molar-refractivity contribution in [3.8, 4) is 0 Å². The normalized spacial score (nSPS) is 14.2. The summed E-state index contributed by atoms with van der Waals surface area (Å²) in [5, 5.41) is 16.8. The number of hydrogen-bond donors (Lipinski definition) is 2. The third-order valence-electron chi connectivity index (χ3n) is 2.83. The smallest absolute Gasteiger partial charge is 0.270 e. The molecule has 1 aromatic carbocycles. The number of carbonyl (C=O) groups is 1. The highest BCUT2D eigenvalue weighted by Crippen LogP contribution is 2.22. The van der Waals surface area contributed by atoms with Gasteiger partial charge in [0.15, 0.2) is 0 Å². The number of halogens is 1. The van der Waals surface area contributed by atoms with Crippen LogP contribution in [-0.2, 0) is 0 Å². The highest BCUT2D eigenvalue weighted by atomic mass is 35.5. The molecule has 6 nitrogen and oxygen atoms in total. The molecule has 0 radical (unpaired) electrons. The maximum atomic E-state index is 11.9. The largest absolute Gasteiger partial charge is 0.351 e. The number of rotatable bonds is 6. The molecule has 102 valence electrons. The zero-order valence-corrected chi connectivity index (χ0v) is 10.9. The van der Waals surface area contributed by atoms with E-state index in [1.807, 2.05) is 0 Å². The number of amides is 1. The third-order valence-corrected chi connectivity index (χ3v) is 3.16. The second-order valence-corrected chi connectivity index (χ2v) is 4.81. The maximum Gasteiger partial charge on any atom is 0.270 e. The summed E-state index contributed by atoms with van der Waals surface area (Å²) in [4.78, 5) is 22.0. The van der Waals surface area contributed by atoms with Crippen molar-refractivity contribution in [1.82, 2.24) is 10.6 Å². The summed E-state index contributed by atoms with van der Waals surface area (Å²) in [6, 6.07) is 4.40. The quantitative estimate of drug-likeness (QED) is 0.473. The van der Waals surface area contributed by atoms with Gasteiger partial charge in [-0.05, 0) is 18.9 Å². The number of nitro groups is 1. The first-order valence-electron chi connectivity index (χ1n) is 6.03. The van der Waals surface area contributed by atoms with Gasteiger partial charge in [0.05, 0.1) is 15.5 Å². The summed E-state index contributed by atoms with van der Waals surface area (Å²) in [5.41, 5.74) is -0.0204. The Bertz CT molecular complexity index is 503. The number of hydrogen-bond acceptors (Lipinski definition) is 4. The van der Waals surface area contributed by atoms with Crippen molar-refractivity contribution in [2.24, 2.45) is 0 Å². The Labute approximate surface area is 115 Å². The number of nitrogens with zero attached hydrogens (tertiary/aromatic N) is 1. The zero-order chi connectivity index (χ0) is 13.8. The first kappa shape index (κ1) is 13.8. The number of non-ortho nitro benzene ring substituents is 1. The van der Waals surface area contributed by atoms with Crippen LogP contribution < -0.4 is 10.6 Å². The number of nitrogens with one attached hydrogen (secondary N) is 2. The highest BCUT2D eigenvalue weighted by Gasteiger charge is 2.20. The highest BCUT2D eigenvalue weighted by molar-refractivity contribution is 6.33. The van der Waals surface area contributed by atoms with Crippen LogP contribution in [0, 0.1) is 10.1 Å². The van der Waals surface area contributed by atoms with Crippen LogP contribution in [0.4, 0.5) is 5.69 Å². The van der Waals surface area contributed by atoms with Gasteiger partial charge in [-0.1, -0.05) is 11.6 Å². The lowest BCUT2D eigenvalue weighted by Crippen LogP contribution is -2.32. The lowest BCUT2D eigenvalue weighted by Gasteiger charge is -2.07. The molecule has 0 unspecified atom stereocenters. The lowest BCUT2D eigenvalue weighted by atomic mass is 10.2. The van der Waals surface area contributed by atoms with E-state index in [0.29, 0.717) is 19.1 Å². The Morgan fingerprint density at radius 3 is 2.79 bits per heavy atom. The minimum Gasteiger partial charge on any atom is -0.351 e. The van der Waals surface area contributed by atoms with Crippen molar-refractivity contribution in [1.29, 1.82) is 0 Å². The predicted molar refractivity (Wildman–Crippen MR) is 71.5 cm³/mol. The fourth-order valence-corrected chi connectivity index (χ4v) is 1.84. The Morgan fingerprint density at radius 1 is 1.42 bits per heavy atom. The minimum absolute atomic E-state index is 0.127. The van der Waals surface area contributed by atoms with E-state index in [-0.39, 0.29) is 16.3 Å². The number of nitro benzene ring substituents is 1. The lowest BCUT2D eigenvalue weighted by molar-refractivity contribution is -0.384. The molecule has 7 heteroatoms. The van der Waals surface area contributed by atoms with Crippen LogP contribution in [0.5, 0.6) is 0 Å². The molecular weight excluding hydrogens is 270 g/mol.